The maximum absolute atomic E-state index is 13.2. The molecule has 0 aliphatic rings. The van der Waals surface area contributed by atoms with E-state index >= 15 is 0 Å². The molecule has 1 aromatic heterocycles. The van der Waals surface area contributed by atoms with Crippen LogP contribution in [0.4, 0.5) is 10.1 Å². The average molecular weight is 354 g/mol. The SMILES string of the molecule is O=C(Cc1nc(CCl)cs1)Nc1cc(Cl)c(F)c(Cl)c1. The normalized spacial score (nSPS) is 10.6. The molecule has 0 aliphatic carbocycles. The number of aromatic nitrogens is 1. The quantitative estimate of drug-likeness (QED) is 0.649. The molecule has 1 heterocycles. The molecule has 0 radical (unpaired) electrons. The van der Waals surface area contributed by atoms with Crippen LogP contribution in [0.5, 0.6) is 0 Å². The second kappa shape index (κ2) is 6.72. The number of amides is 1. The summed E-state index contributed by atoms with van der Waals surface area (Å²) in [5, 5.41) is 4.74. The third-order valence-corrected chi connectivity index (χ3v) is 4.04. The number of carbonyl (C=O) groups excluding carboxylic acids is 1. The molecule has 1 amide bonds. The van der Waals surface area contributed by atoms with Crippen LogP contribution in [0.25, 0.3) is 0 Å². The smallest absolute Gasteiger partial charge is 0.231 e. The number of thiazole rings is 1. The Morgan fingerprint density at radius 2 is 2.00 bits per heavy atom. The first-order valence-electron chi connectivity index (χ1n) is 5.43. The lowest BCUT2D eigenvalue weighted by atomic mass is 10.3. The zero-order valence-electron chi connectivity index (χ0n) is 9.92. The topological polar surface area (TPSA) is 42.0 Å². The summed E-state index contributed by atoms with van der Waals surface area (Å²) >= 11 is 18.3. The van der Waals surface area contributed by atoms with E-state index in [2.05, 4.69) is 10.3 Å². The van der Waals surface area contributed by atoms with Gasteiger partial charge in [-0.25, -0.2) is 9.37 Å². The van der Waals surface area contributed by atoms with Crippen molar-refractivity contribution in [3.8, 4) is 0 Å². The number of anilines is 1. The van der Waals surface area contributed by atoms with Gasteiger partial charge in [0.1, 0.15) is 5.01 Å². The molecule has 2 aromatic rings. The highest BCUT2D eigenvalue weighted by Crippen LogP contribution is 2.27. The Morgan fingerprint density at radius 1 is 1.35 bits per heavy atom. The predicted octanol–water partition coefficient (Wildman–Crippen LogP) is 4.51. The Morgan fingerprint density at radius 3 is 2.55 bits per heavy atom. The van der Waals surface area contributed by atoms with Crippen LogP contribution in [0.15, 0.2) is 17.5 Å². The third-order valence-electron chi connectivity index (χ3n) is 2.32. The number of carbonyl (C=O) groups is 1. The number of nitrogens with zero attached hydrogens (tertiary/aromatic N) is 1. The van der Waals surface area contributed by atoms with Gasteiger partial charge in [-0.1, -0.05) is 23.2 Å². The summed E-state index contributed by atoms with van der Waals surface area (Å²) in [6.07, 6.45) is 0.105. The van der Waals surface area contributed by atoms with E-state index in [1.54, 1.807) is 5.38 Å². The predicted molar refractivity (Wildman–Crippen MR) is 80.4 cm³/mol. The fourth-order valence-corrected chi connectivity index (χ4v) is 2.97. The summed E-state index contributed by atoms with van der Waals surface area (Å²) in [7, 11) is 0. The summed E-state index contributed by atoms with van der Waals surface area (Å²) in [4.78, 5) is 16.0. The number of halogens is 4. The van der Waals surface area contributed by atoms with Gasteiger partial charge in [-0.15, -0.1) is 22.9 Å². The first-order valence-corrected chi connectivity index (χ1v) is 7.60. The van der Waals surface area contributed by atoms with E-state index in [0.29, 0.717) is 16.6 Å². The Hall–Kier alpha value is -0.880. The Bertz CT molecular complexity index is 624. The number of rotatable bonds is 4. The molecule has 2 rings (SSSR count). The number of benzene rings is 1. The lowest BCUT2D eigenvalue weighted by molar-refractivity contribution is -0.115. The van der Waals surface area contributed by atoms with Crippen LogP contribution >= 0.6 is 46.1 Å². The van der Waals surface area contributed by atoms with Crippen LogP contribution in [-0.2, 0) is 17.1 Å². The van der Waals surface area contributed by atoms with Crippen LogP contribution in [0.2, 0.25) is 10.0 Å². The second-order valence-corrected chi connectivity index (χ2v) is 5.87. The van der Waals surface area contributed by atoms with Gasteiger partial charge < -0.3 is 5.32 Å². The summed E-state index contributed by atoms with van der Waals surface area (Å²) in [5.41, 5.74) is 1.06. The van der Waals surface area contributed by atoms with E-state index in [0.717, 1.165) is 5.69 Å². The summed E-state index contributed by atoms with van der Waals surface area (Å²) in [6, 6.07) is 2.60. The van der Waals surface area contributed by atoms with Crippen LogP contribution in [0.1, 0.15) is 10.7 Å². The van der Waals surface area contributed by atoms with Crippen LogP contribution in [-0.4, -0.2) is 10.9 Å². The molecule has 1 aromatic carbocycles. The first-order chi connectivity index (χ1) is 9.49. The zero-order chi connectivity index (χ0) is 14.7. The van der Waals surface area contributed by atoms with Gasteiger partial charge in [0.05, 0.1) is 28.0 Å². The van der Waals surface area contributed by atoms with Crippen molar-refractivity contribution in [2.45, 2.75) is 12.3 Å². The molecule has 1 N–H and O–H groups in total. The highest BCUT2D eigenvalue weighted by Gasteiger charge is 2.11. The third kappa shape index (κ3) is 3.82. The van der Waals surface area contributed by atoms with Gasteiger partial charge in [0.25, 0.3) is 0 Å². The van der Waals surface area contributed by atoms with Crippen LogP contribution in [0.3, 0.4) is 0 Å². The van der Waals surface area contributed by atoms with Crippen molar-refractivity contribution < 1.29 is 9.18 Å². The van der Waals surface area contributed by atoms with Crippen LogP contribution < -0.4 is 5.32 Å². The summed E-state index contributed by atoms with van der Waals surface area (Å²) < 4.78 is 13.2. The summed E-state index contributed by atoms with van der Waals surface area (Å²) in [6.45, 7) is 0. The molecule has 0 saturated heterocycles. The molecule has 0 unspecified atom stereocenters. The second-order valence-electron chi connectivity index (χ2n) is 3.85. The minimum Gasteiger partial charge on any atom is -0.326 e. The molecule has 3 nitrogen and oxygen atoms in total. The summed E-state index contributed by atoms with van der Waals surface area (Å²) in [5.74, 6) is -0.696. The fraction of sp³-hybridized carbons (Fsp3) is 0.167. The van der Waals surface area contributed by atoms with Crippen molar-refractivity contribution in [1.82, 2.24) is 4.98 Å². The first kappa shape index (κ1) is 15.5. The molecule has 106 valence electrons. The van der Waals surface area contributed by atoms with E-state index in [4.69, 9.17) is 34.8 Å². The van der Waals surface area contributed by atoms with Gasteiger partial charge in [-0.2, -0.15) is 0 Å². The monoisotopic (exact) mass is 352 g/mol. The molecular formula is C12H8Cl3FN2OS. The largest absolute Gasteiger partial charge is 0.326 e. The fourth-order valence-electron chi connectivity index (χ4n) is 1.46. The van der Waals surface area contributed by atoms with Crippen molar-refractivity contribution in [2.24, 2.45) is 0 Å². The highest BCUT2D eigenvalue weighted by molar-refractivity contribution is 7.09. The number of nitrogens with one attached hydrogen (secondary N) is 1. The van der Waals surface area contributed by atoms with Gasteiger partial charge >= 0.3 is 0 Å². The van der Waals surface area contributed by atoms with Crippen LogP contribution in [0, 0.1) is 5.82 Å². The van der Waals surface area contributed by atoms with Gasteiger partial charge in [0.2, 0.25) is 5.91 Å². The van der Waals surface area contributed by atoms with Crippen molar-refractivity contribution in [1.29, 1.82) is 0 Å². The molecule has 0 spiro atoms. The molecular weight excluding hydrogens is 346 g/mol. The molecule has 8 heteroatoms. The number of hydrogen-bond acceptors (Lipinski definition) is 3. The van der Waals surface area contributed by atoms with Gasteiger partial charge in [-0.3, -0.25) is 4.79 Å². The van der Waals surface area contributed by atoms with E-state index in [-0.39, 0.29) is 22.4 Å². The van der Waals surface area contributed by atoms with Crippen molar-refractivity contribution in [3.05, 3.63) is 44.1 Å². The molecule has 0 saturated carbocycles. The molecule has 0 fully saturated rings. The molecule has 0 aliphatic heterocycles. The van der Waals surface area contributed by atoms with Gasteiger partial charge in [0.15, 0.2) is 5.82 Å². The molecule has 20 heavy (non-hydrogen) atoms. The number of hydrogen-bond donors (Lipinski definition) is 1. The highest BCUT2D eigenvalue weighted by atomic mass is 35.5. The van der Waals surface area contributed by atoms with Gasteiger partial charge in [0, 0.05) is 11.1 Å². The molecule has 0 bridgehead atoms. The Kier molecular flexibility index (Phi) is 5.21. The Balaban J connectivity index is 2.04. The minimum atomic E-state index is -0.710. The number of alkyl halides is 1. The lowest BCUT2D eigenvalue weighted by Crippen LogP contribution is -2.14. The maximum atomic E-state index is 13.2. The zero-order valence-corrected chi connectivity index (χ0v) is 13.0. The van der Waals surface area contributed by atoms with E-state index in [1.165, 1.54) is 23.5 Å². The average Bonchev–Trinajstić information content (AvgIpc) is 2.83. The van der Waals surface area contributed by atoms with Crippen molar-refractivity contribution >= 4 is 57.7 Å². The van der Waals surface area contributed by atoms with E-state index < -0.39 is 5.82 Å². The minimum absolute atomic E-state index is 0.105. The lowest BCUT2D eigenvalue weighted by Gasteiger charge is -2.06. The van der Waals surface area contributed by atoms with Crippen molar-refractivity contribution in [2.75, 3.05) is 5.32 Å². The van der Waals surface area contributed by atoms with Gasteiger partial charge in [-0.05, 0) is 12.1 Å². The van der Waals surface area contributed by atoms with E-state index in [1.807, 2.05) is 0 Å². The maximum Gasteiger partial charge on any atom is 0.231 e. The Labute approximate surface area is 133 Å². The molecule has 0 atom stereocenters. The van der Waals surface area contributed by atoms with E-state index in [9.17, 15) is 9.18 Å². The standard InChI is InChI=1S/C12H8Cl3FN2OS/c13-4-7-5-20-11(18-7)3-10(19)17-6-1-8(14)12(16)9(15)2-6/h1-2,5H,3-4H2,(H,17,19). The van der Waals surface area contributed by atoms with Crippen molar-refractivity contribution in [3.63, 3.8) is 0 Å².